The monoisotopic (exact) mass is 1160 g/mol. The molecule has 0 radical (unpaired) electrons. The number of quaternary nitrogens is 1. The maximum Gasteiger partial charge on any atom is 0.306 e. The second kappa shape index (κ2) is 60.8. The van der Waals surface area contributed by atoms with E-state index in [1.54, 1.807) is 0 Å². The molecule has 0 saturated heterocycles. The Morgan fingerprint density at radius 1 is 0.432 bits per heavy atom. The van der Waals surface area contributed by atoms with Crippen molar-refractivity contribution in [2.45, 2.75) is 341 Å². The number of carbonyl (C=O) groups is 2. The van der Waals surface area contributed by atoms with Gasteiger partial charge in [0, 0.05) is 12.8 Å². The third-order valence-corrected chi connectivity index (χ3v) is 16.4. The Bertz CT molecular complexity index is 1570. The first-order valence-electron chi connectivity index (χ1n) is 34.6. The molecule has 0 fully saturated rings. The van der Waals surface area contributed by atoms with Crippen molar-refractivity contribution in [3.8, 4) is 0 Å². The van der Waals surface area contributed by atoms with Gasteiger partial charge in [-0.2, -0.15) is 0 Å². The van der Waals surface area contributed by atoms with Crippen LogP contribution in [0.1, 0.15) is 329 Å². The van der Waals surface area contributed by atoms with Crippen LogP contribution in [-0.4, -0.2) is 69.4 Å². The minimum Gasteiger partial charge on any atom is -0.756 e. The zero-order valence-corrected chi connectivity index (χ0v) is 55.1. The number of nitrogens with one attached hydrogen (secondary N) is 1. The molecule has 3 unspecified atom stereocenters. The summed E-state index contributed by atoms with van der Waals surface area (Å²) in [7, 11) is 1.19. The van der Waals surface area contributed by atoms with E-state index < -0.39 is 20.0 Å². The van der Waals surface area contributed by atoms with Crippen LogP contribution in [0.4, 0.5) is 0 Å². The van der Waals surface area contributed by atoms with Gasteiger partial charge in [-0.1, -0.05) is 300 Å². The van der Waals surface area contributed by atoms with Crippen LogP contribution in [0.15, 0.2) is 60.8 Å². The van der Waals surface area contributed by atoms with E-state index in [9.17, 15) is 19.0 Å². The molecule has 1 N–H and O–H groups in total. The number of rotatable bonds is 63. The van der Waals surface area contributed by atoms with Gasteiger partial charge in [-0.3, -0.25) is 14.2 Å². The number of ether oxygens (including phenoxy) is 1. The third-order valence-electron chi connectivity index (χ3n) is 15.5. The van der Waals surface area contributed by atoms with Crippen LogP contribution in [0.25, 0.3) is 0 Å². The fourth-order valence-corrected chi connectivity index (χ4v) is 10.8. The molecule has 0 spiro atoms. The number of phosphoric ester groups is 1. The van der Waals surface area contributed by atoms with Gasteiger partial charge in [-0.25, -0.2) is 0 Å². The third kappa shape index (κ3) is 62.1. The van der Waals surface area contributed by atoms with Crippen molar-refractivity contribution in [3.05, 3.63) is 60.8 Å². The Balaban J connectivity index is 5.13. The smallest absolute Gasteiger partial charge is 0.306 e. The number of likely N-dealkylation sites (N-methyl/N-ethyl adjacent to an activating group) is 1. The summed E-state index contributed by atoms with van der Waals surface area (Å²) in [6.45, 7) is 6.85. The molecule has 81 heavy (non-hydrogen) atoms. The molecule has 0 heterocycles. The van der Waals surface area contributed by atoms with Gasteiger partial charge in [0.2, 0.25) is 5.91 Å². The van der Waals surface area contributed by atoms with Crippen molar-refractivity contribution in [1.82, 2.24) is 5.32 Å². The highest BCUT2D eigenvalue weighted by atomic mass is 31.2. The zero-order valence-electron chi connectivity index (χ0n) is 54.2. The molecule has 0 aliphatic rings. The number of phosphoric acid groups is 1. The molecule has 0 aliphatic heterocycles. The number of carbonyl (C=O) groups excluding carboxylic acids is 2. The van der Waals surface area contributed by atoms with E-state index in [0.717, 1.165) is 89.9 Å². The van der Waals surface area contributed by atoms with Crippen LogP contribution in [0.5, 0.6) is 0 Å². The van der Waals surface area contributed by atoms with Gasteiger partial charge in [-0.05, 0) is 76.7 Å². The van der Waals surface area contributed by atoms with Crippen molar-refractivity contribution in [2.24, 2.45) is 0 Å². The minimum atomic E-state index is -4.70. The number of esters is 1. The Morgan fingerprint density at radius 2 is 0.753 bits per heavy atom. The summed E-state index contributed by atoms with van der Waals surface area (Å²) in [5.41, 5.74) is 0. The lowest BCUT2D eigenvalue weighted by Crippen LogP contribution is -2.47. The summed E-state index contributed by atoms with van der Waals surface area (Å²) in [4.78, 5) is 40.1. The molecule has 9 nitrogen and oxygen atoms in total. The first-order valence-corrected chi connectivity index (χ1v) is 36.1. The Morgan fingerprint density at radius 3 is 1.15 bits per heavy atom. The normalized spacial score (nSPS) is 13.9. The summed E-state index contributed by atoms with van der Waals surface area (Å²) < 4.78 is 30.4. The van der Waals surface area contributed by atoms with Crippen LogP contribution in [0, 0.1) is 0 Å². The molecule has 0 aromatic carbocycles. The van der Waals surface area contributed by atoms with E-state index in [-0.39, 0.29) is 31.5 Å². The highest BCUT2D eigenvalue weighted by Gasteiger charge is 2.27. The van der Waals surface area contributed by atoms with Gasteiger partial charge in [0.25, 0.3) is 7.82 Å². The van der Waals surface area contributed by atoms with Crippen LogP contribution in [0.3, 0.4) is 0 Å². The summed E-state index contributed by atoms with van der Waals surface area (Å²) in [6.07, 6.45) is 77.6. The predicted molar refractivity (Wildman–Crippen MR) is 349 cm³/mol. The number of unbranched alkanes of at least 4 members (excludes halogenated alkanes) is 39. The molecule has 10 heteroatoms. The summed E-state index contributed by atoms with van der Waals surface area (Å²) in [5, 5.41) is 3.04. The van der Waals surface area contributed by atoms with Gasteiger partial charge in [-0.15, -0.1) is 0 Å². The minimum absolute atomic E-state index is 0.0231. The quantitative estimate of drug-likeness (QED) is 0.0212. The summed E-state index contributed by atoms with van der Waals surface area (Å²) in [6, 6.07) is -0.891. The lowest BCUT2D eigenvalue weighted by molar-refractivity contribution is -0.870. The fourth-order valence-electron chi connectivity index (χ4n) is 10.1. The molecular formula is C71H133N2O7P. The molecular weight excluding hydrogens is 1020 g/mol. The topological polar surface area (TPSA) is 114 Å². The van der Waals surface area contributed by atoms with Gasteiger partial charge in [0.1, 0.15) is 19.3 Å². The SMILES string of the molecule is CCCCC/C=C\C/C=C\C/C=C\C/C=C\CCCCCCCCCCCC(=O)NC(COP(=O)([O-])OCC[N+](C)(C)C)C(/C=C\CCCCCCCCCCCCC)OC(=O)CCCCCCCCCCCCCCCCCCC. The van der Waals surface area contributed by atoms with Gasteiger partial charge in [0.15, 0.2) is 0 Å². The average molecular weight is 1160 g/mol. The van der Waals surface area contributed by atoms with E-state index in [0.29, 0.717) is 17.4 Å². The first kappa shape index (κ1) is 78.7. The van der Waals surface area contributed by atoms with Crippen LogP contribution < -0.4 is 10.2 Å². The lowest BCUT2D eigenvalue weighted by atomic mass is 10.0. The van der Waals surface area contributed by atoms with Crippen molar-refractivity contribution >= 4 is 19.7 Å². The van der Waals surface area contributed by atoms with Crippen molar-refractivity contribution in [2.75, 3.05) is 40.9 Å². The zero-order chi connectivity index (χ0) is 59.3. The Hall–Kier alpha value is -2.29. The summed E-state index contributed by atoms with van der Waals surface area (Å²) in [5.74, 6) is -0.534. The number of hydrogen-bond acceptors (Lipinski definition) is 7. The maximum atomic E-state index is 13.6. The first-order chi connectivity index (χ1) is 39.4. The Labute approximate surface area is 502 Å². The maximum absolute atomic E-state index is 13.6. The molecule has 474 valence electrons. The second-order valence-corrected chi connectivity index (χ2v) is 26.1. The molecule has 0 aliphatic carbocycles. The largest absolute Gasteiger partial charge is 0.756 e. The molecule has 1 amide bonds. The highest BCUT2D eigenvalue weighted by Crippen LogP contribution is 2.38. The van der Waals surface area contributed by atoms with Gasteiger partial charge < -0.3 is 28.5 Å². The van der Waals surface area contributed by atoms with E-state index in [4.69, 9.17) is 13.8 Å². The van der Waals surface area contributed by atoms with Crippen molar-refractivity contribution in [3.63, 3.8) is 0 Å². The number of hydrogen-bond donors (Lipinski definition) is 1. The van der Waals surface area contributed by atoms with E-state index in [1.165, 1.54) is 205 Å². The molecule has 0 aromatic heterocycles. The number of amides is 1. The van der Waals surface area contributed by atoms with Gasteiger partial charge in [0.05, 0.1) is 33.8 Å². The average Bonchev–Trinajstić information content (AvgIpc) is 3.44. The van der Waals surface area contributed by atoms with Gasteiger partial charge >= 0.3 is 5.97 Å². The second-order valence-electron chi connectivity index (χ2n) is 24.7. The van der Waals surface area contributed by atoms with Crippen LogP contribution >= 0.6 is 7.82 Å². The predicted octanol–water partition coefficient (Wildman–Crippen LogP) is 21.2. The summed E-state index contributed by atoms with van der Waals surface area (Å²) >= 11 is 0. The molecule has 0 rings (SSSR count). The Kier molecular flexibility index (Phi) is 59.1. The molecule has 0 saturated carbocycles. The van der Waals surface area contributed by atoms with Crippen LogP contribution in [0.2, 0.25) is 0 Å². The number of nitrogens with zero attached hydrogens (tertiary/aromatic N) is 1. The lowest BCUT2D eigenvalue weighted by Gasteiger charge is -2.30. The number of allylic oxidation sites excluding steroid dienone is 9. The van der Waals surface area contributed by atoms with E-state index in [2.05, 4.69) is 74.7 Å². The van der Waals surface area contributed by atoms with Crippen molar-refractivity contribution < 1.29 is 37.3 Å². The molecule has 0 bridgehead atoms. The van der Waals surface area contributed by atoms with Crippen LogP contribution in [-0.2, 0) is 27.9 Å². The molecule has 0 aromatic rings. The molecule has 3 atom stereocenters. The van der Waals surface area contributed by atoms with E-state index in [1.807, 2.05) is 33.3 Å². The van der Waals surface area contributed by atoms with E-state index >= 15 is 0 Å². The standard InChI is InChI=1S/C71H133N2O7P/c1-7-10-13-16-19-22-25-28-30-32-33-34-35-36-37-38-39-41-42-45-48-51-54-57-60-63-70(74)72-68(67-79-81(76,77)78-66-65-73(4,5)6)69(62-59-56-53-50-47-44-27-24-21-18-15-12-9-3)80-71(75)64-61-58-55-52-49-46-43-40-31-29-26-23-20-17-14-11-8-2/h19,22,28,30,33-34,36-37,59,62,68-69H,7-18,20-21,23-27,29,31-32,35,38-58,60-61,63-67H2,1-6H3,(H-,72,74,76,77)/b22-19-,30-28-,34-33-,37-36-,62-59-. The fraction of sp³-hybridized carbons (Fsp3) is 0.831. The van der Waals surface area contributed by atoms with Crippen molar-refractivity contribution in [1.29, 1.82) is 0 Å². The highest BCUT2D eigenvalue weighted by molar-refractivity contribution is 7.45.